The van der Waals surface area contributed by atoms with Crippen LogP contribution in [0.15, 0.2) is 107 Å². The lowest BCUT2D eigenvalue weighted by Gasteiger charge is -2.24. The number of benzene rings is 4. The molecule has 4 aromatic rings. The number of nitrogens with zero attached hydrogens (tertiary/aromatic N) is 1. The summed E-state index contributed by atoms with van der Waals surface area (Å²) < 4.78 is 94.3. The third-order valence-electron chi connectivity index (χ3n) is 5.90. The second kappa shape index (κ2) is 12.0. The van der Waals surface area contributed by atoms with Crippen molar-refractivity contribution in [3.05, 3.63) is 113 Å². The van der Waals surface area contributed by atoms with Gasteiger partial charge in [-0.3, -0.25) is 13.8 Å². The van der Waals surface area contributed by atoms with E-state index in [1.807, 2.05) is 0 Å². The van der Waals surface area contributed by atoms with E-state index < -0.39 is 44.2 Å². The van der Waals surface area contributed by atoms with E-state index in [4.69, 9.17) is 11.6 Å². The Morgan fingerprint density at radius 3 is 2.00 bits per heavy atom. The predicted molar refractivity (Wildman–Crippen MR) is 154 cm³/mol. The standard InChI is InChI=1S/C28H23ClF3N3O5S2/c1-19-5-13-26(14-6-19)42(39,40)35(24-11-7-21(29)8-12-24)18-27(36)33-22-9-15-25(16-10-22)41(37,38)34-23-4-2-3-20(17-23)28(30,31)32/h2-17,34H,18H2,1H3,(H,33,36). The minimum Gasteiger partial charge on any atom is -0.325 e. The zero-order chi connectivity index (χ0) is 30.7. The fraction of sp³-hybridized carbons (Fsp3) is 0.107. The molecule has 0 fully saturated rings. The van der Waals surface area contributed by atoms with Gasteiger partial charge >= 0.3 is 6.18 Å². The van der Waals surface area contributed by atoms with Crippen molar-refractivity contribution in [2.75, 3.05) is 20.9 Å². The Balaban J connectivity index is 1.51. The van der Waals surface area contributed by atoms with Gasteiger partial charge in [-0.1, -0.05) is 35.4 Å². The molecule has 0 heterocycles. The summed E-state index contributed by atoms with van der Waals surface area (Å²) in [5, 5.41) is 2.90. The second-order valence-corrected chi connectivity index (χ2v) is 13.0. The van der Waals surface area contributed by atoms with Gasteiger partial charge in [-0.25, -0.2) is 16.8 Å². The number of hydrogen-bond donors (Lipinski definition) is 2. The van der Waals surface area contributed by atoms with Gasteiger partial charge in [0, 0.05) is 16.4 Å². The SMILES string of the molecule is Cc1ccc(S(=O)(=O)N(CC(=O)Nc2ccc(S(=O)(=O)Nc3cccc(C(F)(F)F)c3)cc2)c2ccc(Cl)cc2)cc1. The summed E-state index contributed by atoms with van der Waals surface area (Å²) in [5.41, 5.74) is -0.101. The number of hydrogen-bond acceptors (Lipinski definition) is 5. The maximum Gasteiger partial charge on any atom is 0.416 e. The van der Waals surface area contributed by atoms with E-state index in [-0.39, 0.29) is 26.9 Å². The average molecular weight is 638 g/mol. The Bertz CT molecular complexity index is 1800. The van der Waals surface area contributed by atoms with Crippen molar-refractivity contribution in [2.24, 2.45) is 0 Å². The molecular weight excluding hydrogens is 615 g/mol. The molecule has 8 nitrogen and oxygen atoms in total. The summed E-state index contributed by atoms with van der Waals surface area (Å²) >= 11 is 5.95. The number of alkyl halides is 3. The van der Waals surface area contributed by atoms with E-state index in [0.717, 1.165) is 34.1 Å². The summed E-state index contributed by atoms with van der Waals surface area (Å²) in [6, 6.07) is 20.6. The minimum atomic E-state index is -4.65. The molecule has 0 aliphatic carbocycles. The van der Waals surface area contributed by atoms with Crippen LogP contribution in [0.4, 0.5) is 30.2 Å². The van der Waals surface area contributed by atoms with E-state index in [9.17, 15) is 34.8 Å². The molecule has 0 unspecified atom stereocenters. The van der Waals surface area contributed by atoms with Gasteiger partial charge < -0.3 is 5.32 Å². The quantitative estimate of drug-likeness (QED) is 0.224. The molecule has 4 aromatic carbocycles. The van der Waals surface area contributed by atoms with Gasteiger partial charge in [-0.15, -0.1) is 0 Å². The average Bonchev–Trinajstić information content (AvgIpc) is 2.92. The van der Waals surface area contributed by atoms with E-state index in [2.05, 4.69) is 10.0 Å². The number of carbonyl (C=O) groups is 1. The lowest BCUT2D eigenvalue weighted by molar-refractivity contribution is -0.137. The van der Waals surface area contributed by atoms with Crippen LogP contribution in [0.25, 0.3) is 0 Å². The molecule has 42 heavy (non-hydrogen) atoms. The van der Waals surface area contributed by atoms with Crippen LogP contribution < -0.4 is 14.3 Å². The highest BCUT2D eigenvalue weighted by Crippen LogP contribution is 2.31. The Kier molecular flexibility index (Phi) is 8.85. The van der Waals surface area contributed by atoms with Gasteiger partial charge in [-0.2, -0.15) is 13.2 Å². The first-order valence-electron chi connectivity index (χ1n) is 12.1. The minimum absolute atomic E-state index is 0.0290. The smallest absolute Gasteiger partial charge is 0.325 e. The van der Waals surface area contributed by atoms with Gasteiger partial charge in [0.1, 0.15) is 6.54 Å². The number of aryl methyl sites for hydroxylation is 1. The van der Waals surface area contributed by atoms with E-state index >= 15 is 0 Å². The van der Waals surface area contributed by atoms with Gasteiger partial charge in [0.15, 0.2) is 0 Å². The monoisotopic (exact) mass is 637 g/mol. The van der Waals surface area contributed by atoms with E-state index in [0.29, 0.717) is 11.1 Å². The first-order chi connectivity index (χ1) is 19.6. The fourth-order valence-electron chi connectivity index (χ4n) is 3.78. The topological polar surface area (TPSA) is 113 Å². The van der Waals surface area contributed by atoms with Crippen molar-refractivity contribution in [3.63, 3.8) is 0 Å². The number of rotatable bonds is 9. The van der Waals surface area contributed by atoms with Crippen molar-refractivity contribution in [1.82, 2.24) is 0 Å². The molecule has 1 amide bonds. The summed E-state index contributed by atoms with van der Waals surface area (Å²) in [7, 11) is -8.43. The van der Waals surface area contributed by atoms with Crippen molar-refractivity contribution < 1.29 is 34.8 Å². The Hall–Kier alpha value is -4.07. The maximum absolute atomic E-state index is 13.5. The third-order valence-corrected chi connectivity index (χ3v) is 9.34. The number of carbonyl (C=O) groups excluding carboxylic acids is 1. The Morgan fingerprint density at radius 1 is 0.810 bits per heavy atom. The highest BCUT2D eigenvalue weighted by molar-refractivity contribution is 7.93. The molecule has 0 saturated carbocycles. The lowest BCUT2D eigenvalue weighted by Crippen LogP contribution is -2.38. The first kappa shape index (κ1) is 30.9. The fourth-order valence-corrected chi connectivity index (χ4v) is 6.38. The molecule has 0 saturated heterocycles. The number of amides is 1. The number of sulfonamides is 2. The van der Waals surface area contributed by atoms with Gasteiger partial charge in [-0.05, 0) is 85.8 Å². The normalized spacial score (nSPS) is 12.0. The molecule has 0 aromatic heterocycles. The van der Waals surface area contributed by atoms with Crippen LogP contribution in [0.3, 0.4) is 0 Å². The number of nitrogens with one attached hydrogen (secondary N) is 2. The largest absolute Gasteiger partial charge is 0.416 e. The summed E-state index contributed by atoms with van der Waals surface area (Å²) in [4.78, 5) is 12.7. The van der Waals surface area contributed by atoms with Crippen LogP contribution in [0.2, 0.25) is 5.02 Å². The van der Waals surface area contributed by atoms with Gasteiger partial charge in [0.2, 0.25) is 5.91 Å². The van der Waals surface area contributed by atoms with Crippen molar-refractivity contribution in [3.8, 4) is 0 Å². The van der Waals surface area contributed by atoms with Crippen molar-refractivity contribution in [1.29, 1.82) is 0 Å². The molecule has 0 atom stereocenters. The molecule has 4 rings (SSSR count). The van der Waals surface area contributed by atoms with Crippen LogP contribution >= 0.6 is 11.6 Å². The maximum atomic E-state index is 13.5. The molecule has 2 N–H and O–H groups in total. The van der Waals surface area contributed by atoms with Crippen LogP contribution in [-0.4, -0.2) is 29.3 Å². The lowest BCUT2D eigenvalue weighted by atomic mass is 10.2. The molecule has 0 aliphatic heterocycles. The van der Waals surface area contributed by atoms with Crippen LogP contribution in [0.5, 0.6) is 0 Å². The van der Waals surface area contributed by atoms with E-state index in [1.54, 1.807) is 19.1 Å². The summed E-state index contributed by atoms with van der Waals surface area (Å²) in [6.45, 7) is 1.19. The van der Waals surface area contributed by atoms with Crippen LogP contribution in [0, 0.1) is 6.92 Å². The van der Waals surface area contributed by atoms with E-state index in [1.165, 1.54) is 54.6 Å². The third kappa shape index (κ3) is 7.41. The summed E-state index contributed by atoms with van der Waals surface area (Å²) in [5.74, 6) is -0.724. The highest BCUT2D eigenvalue weighted by atomic mass is 35.5. The second-order valence-electron chi connectivity index (χ2n) is 9.06. The van der Waals surface area contributed by atoms with Gasteiger partial charge in [0.05, 0.1) is 21.0 Å². The summed E-state index contributed by atoms with van der Waals surface area (Å²) in [6.07, 6.45) is -4.65. The molecular formula is C28H23ClF3N3O5S2. The zero-order valence-electron chi connectivity index (χ0n) is 21.8. The number of halogens is 4. The molecule has 0 aliphatic rings. The van der Waals surface area contributed by atoms with Crippen molar-refractivity contribution >= 4 is 54.6 Å². The molecule has 0 spiro atoms. The van der Waals surface area contributed by atoms with Gasteiger partial charge in [0.25, 0.3) is 20.0 Å². The van der Waals surface area contributed by atoms with Crippen LogP contribution in [-0.2, 0) is 31.0 Å². The molecule has 0 bridgehead atoms. The zero-order valence-corrected chi connectivity index (χ0v) is 24.2. The number of anilines is 3. The Labute approximate surface area is 245 Å². The predicted octanol–water partition coefficient (Wildman–Crippen LogP) is 6.30. The van der Waals surface area contributed by atoms with Crippen LogP contribution in [0.1, 0.15) is 11.1 Å². The Morgan fingerprint density at radius 2 is 1.40 bits per heavy atom. The molecule has 14 heteroatoms. The highest BCUT2D eigenvalue weighted by Gasteiger charge is 2.31. The molecule has 220 valence electrons. The van der Waals surface area contributed by atoms with Crippen molar-refractivity contribution in [2.45, 2.75) is 22.9 Å². The first-order valence-corrected chi connectivity index (χ1v) is 15.4. The molecule has 0 radical (unpaired) electrons.